The van der Waals surface area contributed by atoms with Crippen LogP contribution in [0.1, 0.15) is 36.1 Å². The van der Waals surface area contributed by atoms with Gasteiger partial charge in [0.1, 0.15) is 10.9 Å². The number of likely N-dealkylation sites (N-methyl/N-ethyl adjacent to an activating group) is 1. The van der Waals surface area contributed by atoms with Crippen LogP contribution >= 0.6 is 23.7 Å². The summed E-state index contributed by atoms with van der Waals surface area (Å²) in [6, 6.07) is 1.44. The first-order valence-corrected chi connectivity index (χ1v) is 8.90. The molecule has 25 heavy (non-hydrogen) atoms. The quantitative estimate of drug-likeness (QED) is 0.673. The molecule has 2 atom stereocenters. The van der Waals surface area contributed by atoms with Crippen LogP contribution in [-0.4, -0.2) is 46.8 Å². The second-order valence-electron chi connectivity index (χ2n) is 5.94. The van der Waals surface area contributed by atoms with E-state index in [4.69, 9.17) is 0 Å². The summed E-state index contributed by atoms with van der Waals surface area (Å²) in [5.41, 5.74) is 0.894. The molecule has 0 radical (unpaired) electrons. The minimum atomic E-state index is -0.587. The van der Waals surface area contributed by atoms with Crippen molar-refractivity contribution in [2.45, 2.75) is 39.8 Å². The van der Waals surface area contributed by atoms with E-state index in [2.05, 4.69) is 21.0 Å². The second kappa shape index (κ2) is 9.17. The summed E-state index contributed by atoms with van der Waals surface area (Å²) >= 11 is 1.38. The molecule has 7 nitrogen and oxygen atoms in total. The first kappa shape index (κ1) is 21.4. The molecular formula is C16H26ClN5O2S. The number of hydrogen-bond acceptors (Lipinski definition) is 5. The number of nitrogens with one attached hydrogen (secondary N) is 3. The van der Waals surface area contributed by atoms with Gasteiger partial charge in [0.2, 0.25) is 5.91 Å². The lowest BCUT2D eigenvalue weighted by molar-refractivity contribution is -0.122. The van der Waals surface area contributed by atoms with Crippen molar-refractivity contribution in [3.05, 3.63) is 16.6 Å². The molecule has 2 heterocycles. The van der Waals surface area contributed by atoms with E-state index in [-0.39, 0.29) is 30.3 Å². The molecule has 0 aliphatic heterocycles. The first-order valence-electron chi connectivity index (χ1n) is 8.08. The van der Waals surface area contributed by atoms with Crippen molar-refractivity contribution in [2.24, 2.45) is 7.05 Å². The predicted octanol–water partition coefficient (Wildman–Crippen LogP) is 1.60. The Bertz CT molecular complexity index is 708. The smallest absolute Gasteiger partial charge is 0.262 e. The van der Waals surface area contributed by atoms with Gasteiger partial charge >= 0.3 is 0 Å². The third-order valence-electron chi connectivity index (χ3n) is 3.80. The average Bonchev–Trinajstić information content (AvgIpc) is 3.07. The van der Waals surface area contributed by atoms with Crippen LogP contribution in [0.3, 0.4) is 0 Å². The number of hydrogen-bond donors (Lipinski definition) is 3. The number of carbonyl (C=O) groups is 2. The largest absolute Gasteiger partial charge is 0.353 e. The topological polar surface area (TPSA) is 88.0 Å². The van der Waals surface area contributed by atoms with Crippen molar-refractivity contribution in [1.82, 2.24) is 25.7 Å². The van der Waals surface area contributed by atoms with Crippen molar-refractivity contribution in [2.75, 3.05) is 13.1 Å². The van der Waals surface area contributed by atoms with Gasteiger partial charge in [-0.1, -0.05) is 6.92 Å². The van der Waals surface area contributed by atoms with Gasteiger partial charge in [0.15, 0.2) is 0 Å². The maximum Gasteiger partial charge on any atom is 0.262 e. The molecule has 0 aromatic carbocycles. The van der Waals surface area contributed by atoms with Crippen LogP contribution in [0.2, 0.25) is 0 Å². The van der Waals surface area contributed by atoms with Crippen molar-refractivity contribution in [3.8, 4) is 0 Å². The van der Waals surface area contributed by atoms with Crippen molar-refractivity contribution < 1.29 is 9.59 Å². The summed E-state index contributed by atoms with van der Waals surface area (Å²) < 4.78 is 1.77. The summed E-state index contributed by atoms with van der Waals surface area (Å²) in [6.07, 6.45) is 0. The highest BCUT2D eigenvalue weighted by Gasteiger charge is 2.20. The molecule has 2 aromatic rings. The Hall–Kier alpha value is -1.64. The second-order valence-corrected chi connectivity index (χ2v) is 6.97. The molecule has 2 aromatic heterocycles. The summed E-state index contributed by atoms with van der Waals surface area (Å²) in [6.45, 7) is 9.00. The minimum absolute atomic E-state index is 0. The molecule has 0 fully saturated rings. The lowest BCUT2D eigenvalue weighted by Crippen LogP contribution is -2.48. The Balaban J connectivity index is 0.00000312. The van der Waals surface area contributed by atoms with Gasteiger partial charge in [-0.25, -0.2) is 0 Å². The van der Waals surface area contributed by atoms with Crippen LogP contribution in [0.4, 0.5) is 0 Å². The zero-order valence-electron chi connectivity index (χ0n) is 15.2. The van der Waals surface area contributed by atoms with Gasteiger partial charge in [-0.3, -0.25) is 14.3 Å². The molecule has 0 bridgehead atoms. The van der Waals surface area contributed by atoms with Gasteiger partial charge in [0, 0.05) is 25.0 Å². The molecule has 2 rings (SSSR count). The monoisotopic (exact) mass is 387 g/mol. The fraction of sp³-hybridized carbons (Fsp3) is 0.562. The maximum atomic E-state index is 12.4. The van der Waals surface area contributed by atoms with E-state index in [9.17, 15) is 9.59 Å². The van der Waals surface area contributed by atoms with E-state index in [1.165, 1.54) is 11.3 Å². The Morgan fingerprint density at radius 1 is 1.36 bits per heavy atom. The number of amides is 2. The van der Waals surface area contributed by atoms with Crippen LogP contribution in [0, 0.1) is 6.92 Å². The number of fused-ring (bicyclic) bond motifs is 1. The van der Waals surface area contributed by atoms with E-state index in [0.29, 0.717) is 11.4 Å². The number of carbonyl (C=O) groups excluding carboxylic acids is 2. The van der Waals surface area contributed by atoms with Gasteiger partial charge in [-0.15, -0.1) is 23.7 Å². The summed E-state index contributed by atoms with van der Waals surface area (Å²) in [5, 5.41) is 14.1. The fourth-order valence-electron chi connectivity index (χ4n) is 2.48. The number of aromatic nitrogens is 2. The Kier molecular flexibility index (Phi) is 7.85. The van der Waals surface area contributed by atoms with Crippen LogP contribution in [0.5, 0.6) is 0 Å². The minimum Gasteiger partial charge on any atom is -0.353 e. The molecule has 0 aliphatic rings. The zero-order chi connectivity index (χ0) is 17.9. The predicted molar refractivity (Wildman–Crippen MR) is 104 cm³/mol. The van der Waals surface area contributed by atoms with Gasteiger partial charge in [0.25, 0.3) is 5.91 Å². The molecule has 3 N–H and O–H groups in total. The van der Waals surface area contributed by atoms with Gasteiger partial charge in [-0.2, -0.15) is 5.10 Å². The Labute approximate surface area is 158 Å². The summed E-state index contributed by atoms with van der Waals surface area (Å²) in [4.78, 5) is 26.0. The first-order chi connectivity index (χ1) is 11.3. The van der Waals surface area contributed by atoms with Crippen LogP contribution in [-0.2, 0) is 11.8 Å². The van der Waals surface area contributed by atoms with Gasteiger partial charge in [0.05, 0.1) is 10.6 Å². The van der Waals surface area contributed by atoms with Crippen molar-refractivity contribution >= 4 is 45.8 Å². The maximum absolute atomic E-state index is 12.4. The van der Waals surface area contributed by atoms with Crippen LogP contribution in [0.15, 0.2) is 6.07 Å². The molecule has 9 heteroatoms. The standard InChI is InChI=1S/C16H25N5O2S.ClH/c1-6-17-9(2)8-18-14(22)11(4)19-15(23)13-7-12-10(3)20-21(5)16(12)24-13;/h7,9,11,17H,6,8H2,1-5H3,(H,18,22)(H,19,23);1H/t9-,11?;/m1./s1. The third kappa shape index (κ3) is 5.17. The van der Waals surface area contributed by atoms with E-state index < -0.39 is 6.04 Å². The zero-order valence-corrected chi connectivity index (χ0v) is 16.8. The molecule has 0 saturated carbocycles. The lowest BCUT2D eigenvalue weighted by Gasteiger charge is -2.17. The van der Waals surface area contributed by atoms with E-state index in [0.717, 1.165) is 22.5 Å². The van der Waals surface area contributed by atoms with Crippen molar-refractivity contribution in [1.29, 1.82) is 0 Å². The van der Waals surface area contributed by atoms with Gasteiger partial charge in [-0.05, 0) is 33.4 Å². The third-order valence-corrected chi connectivity index (χ3v) is 5.00. The van der Waals surface area contributed by atoms with Crippen LogP contribution < -0.4 is 16.0 Å². The highest BCUT2D eigenvalue weighted by atomic mass is 35.5. The molecule has 140 valence electrons. The van der Waals surface area contributed by atoms with Crippen LogP contribution in [0.25, 0.3) is 10.2 Å². The SMILES string of the molecule is CCN[C@H](C)CNC(=O)C(C)NC(=O)c1cc2c(C)nn(C)c2s1.Cl. The summed E-state index contributed by atoms with van der Waals surface area (Å²) in [5.74, 6) is -0.426. The summed E-state index contributed by atoms with van der Waals surface area (Å²) in [7, 11) is 1.86. The molecular weight excluding hydrogens is 362 g/mol. The number of nitrogens with zero attached hydrogens (tertiary/aromatic N) is 2. The number of halogens is 1. The number of thiophene rings is 1. The number of rotatable bonds is 7. The van der Waals surface area contributed by atoms with E-state index >= 15 is 0 Å². The highest BCUT2D eigenvalue weighted by molar-refractivity contribution is 7.20. The molecule has 0 spiro atoms. The molecule has 1 unspecified atom stereocenters. The molecule has 0 aliphatic carbocycles. The Morgan fingerprint density at radius 2 is 2.04 bits per heavy atom. The fourth-order valence-corrected chi connectivity index (χ4v) is 3.50. The normalized spacial score (nSPS) is 13.2. The number of aryl methyl sites for hydroxylation is 2. The average molecular weight is 388 g/mol. The van der Waals surface area contributed by atoms with E-state index in [1.54, 1.807) is 11.6 Å². The van der Waals surface area contributed by atoms with Gasteiger partial charge < -0.3 is 16.0 Å². The molecule has 0 saturated heterocycles. The molecule has 2 amide bonds. The van der Waals surface area contributed by atoms with E-state index in [1.807, 2.05) is 33.9 Å². The van der Waals surface area contributed by atoms with Crippen molar-refractivity contribution in [3.63, 3.8) is 0 Å². The lowest BCUT2D eigenvalue weighted by atomic mass is 10.2. The Morgan fingerprint density at radius 3 is 2.64 bits per heavy atom. The highest BCUT2D eigenvalue weighted by Crippen LogP contribution is 2.27.